The van der Waals surface area contributed by atoms with Crippen molar-refractivity contribution in [2.24, 2.45) is 5.73 Å². The van der Waals surface area contributed by atoms with Crippen LogP contribution in [0.15, 0.2) is 41.8 Å². The summed E-state index contributed by atoms with van der Waals surface area (Å²) in [7, 11) is 0. The molecule has 0 spiro atoms. The van der Waals surface area contributed by atoms with Gasteiger partial charge in [-0.05, 0) is 30.0 Å². The standard InChI is InChI=1S/C14H15NOS/c15-8-7-11-3-5-12(6-4-11)14(16)10-13-2-1-9-17-13/h1-6,9H,7-8,10,15H2. The van der Waals surface area contributed by atoms with Gasteiger partial charge >= 0.3 is 0 Å². The van der Waals surface area contributed by atoms with Gasteiger partial charge in [0.15, 0.2) is 5.78 Å². The van der Waals surface area contributed by atoms with E-state index >= 15 is 0 Å². The summed E-state index contributed by atoms with van der Waals surface area (Å²) < 4.78 is 0. The Morgan fingerprint density at radius 1 is 1.18 bits per heavy atom. The third kappa shape index (κ3) is 3.25. The SMILES string of the molecule is NCCc1ccc(C(=O)Cc2cccs2)cc1. The van der Waals surface area contributed by atoms with Gasteiger partial charge in [0, 0.05) is 16.9 Å². The Bertz CT molecular complexity index is 473. The van der Waals surface area contributed by atoms with Crippen molar-refractivity contribution in [1.82, 2.24) is 0 Å². The normalized spacial score (nSPS) is 10.4. The van der Waals surface area contributed by atoms with E-state index in [4.69, 9.17) is 5.73 Å². The molecule has 2 nitrogen and oxygen atoms in total. The zero-order chi connectivity index (χ0) is 12.1. The van der Waals surface area contributed by atoms with Crippen LogP contribution in [-0.2, 0) is 12.8 Å². The van der Waals surface area contributed by atoms with Crippen LogP contribution in [0.2, 0.25) is 0 Å². The van der Waals surface area contributed by atoms with Crippen molar-refractivity contribution < 1.29 is 4.79 Å². The molecule has 0 atom stereocenters. The van der Waals surface area contributed by atoms with Crippen molar-refractivity contribution in [3.8, 4) is 0 Å². The molecule has 1 heterocycles. The number of carbonyl (C=O) groups is 1. The Morgan fingerprint density at radius 2 is 1.94 bits per heavy atom. The first kappa shape index (κ1) is 12.0. The summed E-state index contributed by atoms with van der Waals surface area (Å²) in [4.78, 5) is 13.1. The van der Waals surface area contributed by atoms with Gasteiger partial charge in [-0.25, -0.2) is 0 Å². The Hall–Kier alpha value is -1.45. The van der Waals surface area contributed by atoms with Crippen molar-refractivity contribution in [1.29, 1.82) is 0 Å². The number of carbonyl (C=O) groups excluding carboxylic acids is 1. The van der Waals surface area contributed by atoms with Crippen molar-refractivity contribution in [2.45, 2.75) is 12.8 Å². The van der Waals surface area contributed by atoms with E-state index < -0.39 is 0 Å². The largest absolute Gasteiger partial charge is 0.330 e. The number of hydrogen-bond acceptors (Lipinski definition) is 3. The molecule has 0 bridgehead atoms. The van der Waals surface area contributed by atoms with Gasteiger partial charge in [-0.1, -0.05) is 30.3 Å². The molecule has 0 unspecified atom stereocenters. The fourth-order valence-corrected chi connectivity index (χ4v) is 2.40. The minimum absolute atomic E-state index is 0.173. The molecular formula is C14H15NOS. The maximum Gasteiger partial charge on any atom is 0.168 e. The predicted molar refractivity (Wildman–Crippen MR) is 71.6 cm³/mol. The molecule has 0 saturated carbocycles. The summed E-state index contributed by atoms with van der Waals surface area (Å²) in [5, 5.41) is 1.99. The molecule has 3 heteroatoms. The molecule has 0 aliphatic carbocycles. The number of thiophene rings is 1. The van der Waals surface area contributed by atoms with E-state index in [-0.39, 0.29) is 5.78 Å². The van der Waals surface area contributed by atoms with Gasteiger partial charge in [-0.2, -0.15) is 0 Å². The molecule has 0 fully saturated rings. The van der Waals surface area contributed by atoms with Gasteiger partial charge in [0.2, 0.25) is 0 Å². The Labute approximate surface area is 105 Å². The zero-order valence-corrected chi connectivity index (χ0v) is 10.4. The number of hydrogen-bond donors (Lipinski definition) is 1. The first-order chi connectivity index (χ1) is 8.29. The number of benzene rings is 1. The average molecular weight is 245 g/mol. The highest BCUT2D eigenvalue weighted by Crippen LogP contribution is 2.13. The molecule has 0 radical (unpaired) electrons. The van der Waals surface area contributed by atoms with Crippen LogP contribution < -0.4 is 5.73 Å². The minimum Gasteiger partial charge on any atom is -0.330 e. The Kier molecular flexibility index (Phi) is 4.07. The summed E-state index contributed by atoms with van der Waals surface area (Å²) >= 11 is 1.62. The highest BCUT2D eigenvalue weighted by Gasteiger charge is 2.07. The highest BCUT2D eigenvalue weighted by molar-refractivity contribution is 7.10. The topological polar surface area (TPSA) is 43.1 Å². The minimum atomic E-state index is 0.173. The zero-order valence-electron chi connectivity index (χ0n) is 9.56. The molecule has 0 aliphatic rings. The van der Waals surface area contributed by atoms with E-state index in [0.29, 0.717) is 13.0 Å². The maximum atomic E-state index is 12.0. The third-order valence-corrected chi connectivity index (χ3v) is 3.50. The first-order valence-electron chi connectivity index (χ1n) is 5.64. The molecule has 0 aliphatic heterocycles. The Morgan fingerprint density at radius 3 is 2.53 bits per heavy atom. The monoisotopic (exact) mass is 245 g/mol. The van der Waals surface area contributed by atoms with Crippen LogP contribution in [-0.4, -0.2) is 12.3 Å². The summed E-state index contributed by atoms with van der Waals surface area (Å²) in [6.45, 7) is 0.641. The van der Waals surface area contributed by atoms with E-state index in [1.54, 1.807) is 11.3 Å². The van der Waals surface area contributed by atoms with Crippen LogP contribution in [0, 0.1) is 0 Å². The summed E-state index contributed by atoms with van der Waals surface area (Å²) in [5.74, 6) is 0.173. The smallest absolute Gasteiger partial charge is 0.168 e. The fraction of sp³-hybridized carbons (Fsp3) is 0.214. The van der Waals surface area contributed by atoms with Crippen LogP contribution in [0.4, 0.5) is 0 Å². The van der Waals surface area contributed by atoms with Gasteiger partial charge in [0.05, 0.1) is 0 Å². The van der Waals surface area contributed by atoms with Crippen molar-refractivity contribution in [2.75, 3.05) is 6.54 Å². The van der Waals surface area contributed by atoms with Crippen LogP contribution >= 0.6 is 11.3 Å². The number of Topliss-reactive ketones (excluding diaryl/α,β-unsaturated/α-hetero) is 1. The van der Waals surface area contributed by atoms with Crippen molar-refractivity contribution in [3.05, 3.63) is 57.8 Å². The van der Waals surface area contributed by atoms with Crippen LogP contribution in [0.3, 0.4) is 0 Å². The molecule has 2 aromatic rings. The lowest BCUT2D eigenvalue weighted by atomic mass is 10.0. The number of ketones is 1. The van der Waals surface area contributed by atoms with Gasteiger partial charge in [0.25, 0.3) is 0 Å². The van der Waals surface area contributed by atoms with Gasteiger partial charge in [0.1, 0.15) is 0 Å². The van der Waals surface area contributed by atoms with Crippen LogP contribution in [0.25, 0.3) is 0 Å². The van der Waals surface area contributed by atoms with E-state index in [2.05, 4.69) is 0 Å². The van der Waals surface area contributed by atoms with Gasteiger partial charge < -0.3 is 5.73 Å². The third-order valence-electron chi connectivity index (χ3n) is 2.62. The maximum absolute atomic E-state index is 12.0. The van der Waals surface area contributed by atoms with E-state index in [0.717, 1.165) is 16.9 Å². The van der Waals surface area contributed by atoms with Crippen molar-refractivity contribution in [3.63, 3.8) is 0 Å². The molecule has 1 aromatic carbocycles. The van der Waals surface area contributed by atoms with E-state index in [1.165, 1.54) is 5.56 Å². The van der Waals surface area contributed by atoms with E-state index in [9.17, 15) is 4.79 Å². The molecular weight excluding hydrogens is 230 g/mol. The molecule has 2 rings (SSSR count). The lowest BCUT2D eigenvalue weighted by Crippen LogP contribution is -2.04. The van der Waals surface area contributed by atoms with Gasteiger partial charge in [-0.15, -0.1) is 11.3 Å². The van der Waals surface area contributed by atoms with Gasteiger partial charge in [-0.3, -0.25) is 4.79 Å². The second-order valence-corrected chi connectivity index (χ2v) is 4.95. The molecule has 2 N–H and O–H groups in total. The van der Waals surface area contributed by atoms with Crippen molar-refractivity contribution >= 4 is 17.1 Å². The lowest BCUT2D eigenvalue weighted by molar-refractivity contribution is 0.0994. The summed E-state index contributed by atoms with van der Waals surface area (Å²) in [5.41, 5.74) is 7.44. The van der Waals surface area contributed by atoms with Crippen LogP contribution in [0.1, 0.15) is 20.8 Å². The predicted octanol–water partition coefficient (Wildman–Crippen LogP) is 2.67. The second-order valence-electron chi connectivity index (χ2n) is 3.91. The number of nitrogens with two attached hydrogens (primary N) is 1. The number of rotatable bonds is 5. The Balaban J connectivity index is 2.04. The fourth-order valence-electron chi connectivity index (χ4n) is 1.70. The molecule has 17 heavy (non-hydrogen) atoms. The molecule has 0 amide bonds. The quantitative estimate of drug-likeness (QED) is 0.823. The van der Waals surface area contributed by atoms with Crippen LogP contribution in [0.5, 0.6) is 0 Å². The summed E-state index contributed by atoms with van der Waals surface area (Å²) in [6.07, 6.45) is 1.35. The molecule has 0 saturated heterocycles. The molecule has 1 aromatic heterocycles. The lowest BCUT2D eigenvalue weighted by Gasteiger charge is -2.02. The molecule has 88 valence electrons. The highest BCUT2D eigenvalue weighted by atomic mass is 32.1. The summed E-state index contributed by atoms with van der Waals surface area (Å²) in [6, 6.07) is 11.7. The first-order valence-corrected chi connectivity index (χ1v) is 6.52. The van der Waals surface area contributed by atoms with E-state index in [1.807, 2.05) is 41.8 Å². The average Bonchev–Trinajstić information content (AvgIpc) is 2.83. The second kappa shape index (κ2) is 5.75.